The maximum absolute atomic E-state index is 16.9. The van der Waals surface area contributed by atoms with Crippen molar-refractivity contribution in [3.8, 4) is 32.0 Å². The lowest BCUT2D eigenvalue weighted by molar-refractivity contribution is 0.0975. The molecule has 13 rings (SSSR count). The third kappa shape index (κ3) is 11.4. The summed E-state index contributed by atoms with van der Waals surface area (Å²) in [6.45, 7) is 8.51. The van der Waals surface area contributed by atoms with Crippen molar-refractivity contribution in [2.24, 2.45) is 0 Å². The molecule has 0 spiro atoms. The van der Waals surface area contributed by atoms with E-state index in [1.807, 2.05) is 141 Å². The molecule has 14 nitrogen and oxygen atoms in total. The standard InChI is InChI=1S/C71H58F2N10O4S2/c1-41-15-12-19-51(72)62(41)78-67(84)58-38-46-30-34-83(57-22-9-7-18-50(57)65(46)88-58)70(87)55-28-26-48(66(77-55)80-71(3,4)60-23-10-11-31-75-60)47-35-42(2)63(52(73)37-47)79-68(85)59-39-45-29-33-82(56-21-8-6-17-49(56)64(45)89-59)69(86)54-20-13-24-61(76-54)81(5)40-43-25-27-53-44(36-43)16-14-32-74-53/h6-28,31-32,35-39H,29-30,33-34,40H2,1-5H3,(H,77,80)(H,78,84)(H,79,85). The van der Waals surface area contributed by atoms with E-state index in [0.29, 0.717) is 92.3 Å². The third-order valence-corrected chi connectivity index (χ3v) is 18.6. The predicted molar refractivity (Wildman–Crippen MR) is 351 cm³/mol. The Hall–Kier alpha value is -10.3. The van der Waals surface area contributed by atoms with Crippen LogP contribution in [-0.4, -0.2) is 63.7 Å². The van der Waals surface area contributed by atoms with Gasteiger partial charge in [0.2, 0.25) is 0 Å². The second-order valence-electron chi connectivity index (χ2n) is 22.7. The van der Waals surface area contributed by atoms with E-state index in [0.717, 1.165) is 48.5 Å². The average Bonchev–Trinajstić information content (AvgIpc) is 2.00. The predicted octanol–water partition coefficient (Wildman–Crippen LogP) is 15.3. The van der Waals surface area contributed by atoms with Gasteiger partial charge in [-0.3, -0.25) is 29.1 Å². The Morgan fingerprint density at radius 3 is 1.84 bits per heavy atom. The number of anilines is 6. The number of hydrogen-bond donors (Lipinski definition) is 3. The number of rotatable bonds is 13. The minimum absolute atomic E-state index is 0.0128. The van der Waals surface area contributed by atoms with Crippen LogP contribution in [0.25, 0.3) is 42.9 Å². The highest BCUT2D eigenvalue weighted by Gasteiger charge is 2.33. The molecule has 8 heterocycles. The van der Waals surface area contributed by atoms with Crippen molar-refractivity contribution < 1.29 is 28.0 Å². The van der Waals surface area contributed by atoms with E-state index in [4.69, 9.17) is 9.97 Å². The minimum atomic E-state index is -0.837. The van der Waals surface area contributed by atoms with Gasteiger partial charge in [0.25, 0.3) is 23.6 Å². The molecule has 0 bridgehead atoms. The molecule has 0 saturated carbocycles. The second kappa shape index (κ2) is 23.8. The quantitative estimate of drug-likeness (QED) is 0.101. The number of nitrogens with zero attached hydrogens (tertiary/aromatic N) is 7. The van der Waals surface area contributed by atoms with E-state index in [2.05, 4.69) is 32.0 Å². The van der Waals surface area contributed by atoms with Crippen molar-refractivity contribution in [1.29, 1.82) is 0 Å². The van der Waals surface area contributed by atoms with Crippen LogP contribution in [0.15, 0.2) is 182 Å². The van der Waals surface area contributed by atoms with Gasteiger partial charge in [-0.1, -0.05) is 72.8 Å². The van der Waals surface area contributed by atoms with Gasteiger partial charge in [-0.15, -0.1) is 22.7 Å². The first-order valence-corrected chi connectivity index (χ1v) is 30.7. The monoisotopic (exact) mass is 1220 g/mol. The molecular formula is C71H58F2N10O4S2. The van der Waals surface area contributed by atoms with Gasteiger partial charge in [0.15, 0.2) is 0 Å². The van der Waals surface area contributed by atoms with Crippen LogP contribution in [0.5, 0.6) is 0 Å². The maximum atomic E-state index is 16.9. The summed E-state index contributed by atoms with van der Waals surface area (Å²) in [5, 5.41) is 10.2. The van der Waals surface area contributed by atoms with Crippen LogP contribution in [0.4, 0.5) is 43.2 Å². The summed E-state index contributed by atoms with van der Waals surface area (Å²) in [5.74, 6) is -1.77. The van der Waals surface area contributed by atoms with E-state index in [1.54, 1.807) is 72.4 Å². The van der Waals surface area contributed by atoms with Crippen molar-refractivity contribution >= 4 is 91.6 Å². The summed E-state index contributed by atoms with van der Waals surface area (Å²) in [6, 6.07) is 51.1. The van der Waals surface area contributed by atoms with E-state index in [9.17, 15) is 23.6 Å². The summed E-state index contributed by atoms with van der Waals surface area (Å²) in [5.41, 5.74) is 9.09. The van der Waals surface area contributed by atoms with Gasteiger partial charge in [-0.05, 0) is 171 Å². The third-order valence-electron chi connectivity index (χ3n) is 16.2. The van der Waals surface area contributed by atoms with E-state index < -0.39 is 29.0 Å². The summed E-state index contributed by atoms with van der Waals surface area (Å²) < 4.78 is 31.6. The lowest BCUT2D eigenvalue weighted by Crippen LogP contribution is -2.34. The molecule has 4 amide bonds. The molecule has 2 aliphatic rings. The number of nitrogens with one attached hydrogen (secondary N) is 3. The Bertz CT molecular complexity index is 4600. The van der Waals surface area contributed by atoms with E-state index in [1.165, 1.54) is 34.8 Å². The van der Waals surface area contributed by atoms with Gasteiger partial charge in [-0.25, -0.2) is 18.7 Å². The topological polar surface area (TPSA) is 166 Å². The largest absolute Gasteiger partial charge is 0.359 e. The molecule has 2 aliphatic heterocycles. The van der Waals surface area contributed by atoms with Gasteiger partial charge in [0.05, 0.1) is 49.3 Å². The van der Waals surface area contributed by atoms with Gasteiger partial charge in [0.1, 0.15) is 34.7 Å². The Balaban J connectivity index is 0.747. The molecule has 3 N–H and O–H groups in total. The number of pyridine rings is 4. The number of carbonyl (C=O) groups excluding carboxylic acids is 4. The fraction of sp³-hybridized carbons (Fsp3) is 0.155. The van der Waals surface area contributed by atoms with Gasteiger partial charge < -0.3 is 30.7 Å². The molecule has 0 fully saturated rings. The molecule has 11 aromatic rings. The van der Waals surface area contributed by atoms with Gasteiger partial charge >= 0.3 is 0 Å². The first-order valence-electron chi connectivity index (χ1n) is 29.0. The van der Waals surface area contributed by atoms with Crippen molar-refractivity contribution in [3.63, 3.8) is 0 Å². The molecule has 0 saturated heterocycles. The number of halogens is 2. The maximum Gasteiger partial charge on any atom is 0.276 e. The van der Waals surface area contributed by atoms with Crippen LogP contribution >= 0.6 is 22.7 Å². The zero-order chi connectivity index (χ0) is 61.7. The van der Waals surface area contributed by atoms with Crippen LogP contribution < -0.4 is 30.7 Å². The highest BCUT2D eigenvalue weighted by molar-refractivity contribution is 7.18. The summed E-state index contributed by atoms with van der Waals surface area (Å²) in [6.07, 6.45) is 4.34. The smallest absolute Gasteiger partial charge is 0.276 e. The highest BCUT2D eigenvalue weighted by atomic mass is 32.1. The average molecular weight is 1220 g/mol. The SMILES string of the molecule is Cc1cc(-c2ccc(C(=O)N3CCc4cc(C(=O)Nc5c(C)cccc5F)sc4-c4ccccc43)nc2NC(C)(C)c2ccccn2)cc(F)c1NC(=O)c1cc2c(s1)-c1ccccc1N(C(=O)c1cccc(N(C)Cc3ccc4ncccc4c3)n1)CC2. The zero-order valence-corrected chi connectivity index (χ0v) is 50.8. The molecule has 6 aromatic heterocycles. The Kier molecular flexibility index (Phi) is 15.4. The van der Waals surface area contributed by atoms with Crippen LogP contribution in [0.2, 0.25) is 0 Å². The number of benzene rings is 5. The molecule has 442 valence electrons. The number of aromatic nitrogens is 4. The summed E-state index contributed by atoms with van der Waals surface area (Å²) >= 11 is 2.57. The number of para-hydroxylation sites is 3. The van der Waals surface area contributed by atoms with Crippen LogP contribution in [-0.2, 0) is 24.9 Å². The Labute approximate surface area is 520 Å². The van der Waals surface area contributed by atoms with Gasteiger partial charge in [0, 0.05) is 70.9 Å². The Morgan fingerprint density at radius 1 is 0.584 bits per heavy atom. The fourth-order valence-electron chi connectivity index (χ4n) is 11.6. The highest BCUT2D eigenvalue weighted by Crippen LogP contribution is 2.45. The normalized spacial score (nSPS) is 12.7. The van der Waals surface area contributed by atoms with E-state index >= 15 is 4.39 Å². The molecule has 0 aliphatic carbocycles. The Morgan fingerprint density at radius 2 is 1.20 bits per heavy atom. The molecule has 5 aromatic carbocycles. The number of thiophene rings is 2. The lowest BCUT2D eigenvalue weighted by Gasteiger charge is -2.28. The first kappa shape index (κ1) is 57.8. The van der Waals surface area contributed by atoms with Gasteiger partial charge in [-0.2, -0.15) is 0 Å². The molecule has 18 heteroatoms. The van der Waals surface area contributed by atoms with E-state index in [-0.39, 0.29) is 35.4 Å². The number of carbonyl (C=O) groups is 4. The van der Waals surface area contributed by atoms with Crippen molar-refractivity contribution in [1.82, 2.24) is 19.9 Å². The second-order valence-corrected chi connectivity index (χ2v) is 24.8. The minimum Gasteiger partial charge on any atom is -0.359 e. The fourth-order valence-corrected chi connectivity index (χ4v) is 13.9. The van der Waals surface area contributed by atoms with Crippen LogP contribution in [0, 0.1) is 25.5 Å². The summed E-state index contributed by atoms with van der Waals surface area (Å²) in [7, 11) is 1.95. The molecular weight excluding hydrogens is 1160 g/mol. The van der Waals surface area contributed by atoms with Crippen LogP contribution in [0.1, 0.15) is 87.7 Å². The molecule has 0 radical (unpaired) electrons. The van der Waals surface area contributed by atoms with Crippen molar-refractivity contribution in [2.75, 3.05) is 50.8 Å². The summed E-state index contributed by atoms with van der Waals surface area (Å²) in [4.78, 5) is 84.2. The zero-order valence-electron chi connectivity index (χ0n) is 49.2. The number of fused-ring (bicyclic) bond motifs is 7. The van der Waals surface area contributed by atoms with Crippen molar-refractivity contribution in [2.45, 2.75) is 52.6 Å². The van der Waals surface area contributed by atoms with Crippen LogP contribution in [0.3, 0.4) is 0 Å². The molecule has 89 heavy (non-hydrogen) atoms. The number of amides is 4. The number of aryl methyl sites for hydroxylation is 2. The molecule has 0 unspecified atom stereocenters. The van der Waals surface area contributed by atoms with Crippen molar-refractivity contribution in [3.05, 3.63) is 249 Å². The first-order chi connectivity index (χ1) is 43.0. The molecule has 0 atom stereocenters. The lowest BCUT2D eigenvalue weighted by atomic mass is 9.97. The number of hydrogen-bond acceptors (Lipinski definition) is 12.